The molecule has 0 bridgehead atoms. The Hall–Kier alpha value is -6.30. The maximum absolute atomic E-state index is 14.0. The molecule has 18 heteroatoms. The van der Waals surface area contributed by atoms with Gasteiger partial charge in [0.25, 0.3) is 0 Å². The zero-order valence-electron chi connectivity index (χ0n) is 39.9. The zero-order valence-corrected chi connectivity index (χ0v) is 39.9. The lowest BCUT2D eigenvalue weighted by atomic mass is 9.95. The number of fused-ring (bicyclic) bond motifs is 1. The van der Waals surface area contributed by atoms with E-state index in [1.165, 1.54) is 12.0 Å². The van der Waals surface area contributed by atoms with Crippen LogP contribution in [-0.4, -0.2) is 132 Å². The van der Waals surface area contributed by atoms with Crippen molar-refractivity contribution in [1.29, 1.82) is 0 Å². The SMILES string of the molecule is COC(=O)C[C@H](NC(=O)[C@H]1CCCN1C(=O)CCCN(C(=O)OC(C)(C)C)c1cc(C)ccn1)c1ccc(-c2ccc(OCCOCCOCCOCCOCCN=[N+]=[N-])c3ccccc23)cc1. The number of hydrogen-bond donors (Lipinski definition) is 1. The molecule has 1 aliphatic rings. The Balaban J connectivity index is 1.13. The van der Waals surface area contributed by atoms with Crippen molar-refractivity contribution in [2.24, 2.45) is 5.11 Å². The van der Waals surface area contributed by atoms with E-state index >= 15 is 0 Å². The summed E-state index contributed by atoms with van der Waals surface area (Å²) in [5, 5.41) is 8.38. The molecule has 18 nitrogen and oxygen atoms in total. The van der Waals surface area contributed by atoms with Gasteiger partial charge in [0.1, 0.15) is 29.8 Å². The molecule has 2 heterocycles. The number of rotatable bonds is 27. The highest BCUT2D eigenvalue weighted by Gasteiger charge is 2.35. The van der Waals surface area contributed by atoms with Crippen LogP contribution in [0.3, 0.4) is 0 Å². The molecule has 5 rings (SSSR count). The quantitative estimate of drug-likeness (QED) is 0.0199. The maximum Gasteiger partial charge on any atom is 0.416 e. The zero-order chi connectivity index (χ0) is 48.7. The smallest absolute Gasteiger partial charge is 0.416 e. The Morgan fingerprint density at radius 3 is 2.19 bits per heavy atom. The lowest BCUT2D eigenvalue weighted by molar-refractivity contribution is -0.142. The van der Waals surface area contributed by atoms with Crippen LogP contribution in [-0.2, 0) is 42.8 Å². The molecule has 1 saturated heterocycles. The summed E-state index contributed by atoms with van der Waals surface area (Å²) in [5.74, 6) is 0.120. The molecule has 1 fully saturated rings. The fourth-order valence-corrected chi connectivity index (χ4v) is 7.59. The molecule has 1 aromatic heterocycles. The number of anilines is 1. The van der Waals surface area contributed by atoms with E-state index in [2.05, 4.69) is 20.3 Å². The molecule has 0 unspecified atom stereocenters. The van der Waals surface area contributed by atoms with Gasteiger partial charge in [-0.15, -0.1) is 0 Å². The summed E-state index contributed by atoms with van der Waals surface area (Å²) >= 11 is 0. The van der Waals surface area contributed by atoms with Crippen molar-refractivity contribution in [2.75, 3.05) is 91.1 Å². The normalized spacial score (nSPS) is 14.0. The number of aromatic nitrogens is 1. The molecule has 3 aromatic carbocycles. The summed E-state index contributed by atoms with van der Waals surface area (Å²) < 4.78 is 38.8. The molecule has 0 aliphatic carbocycles. The average molecular weight is 940 g/mol. The van der Waals surface area contributed by atoms with Gasteiger partial charge < -0.3 is 43.4 Å². The largest absolute Gasteiger partial charge is 0.491 e. The van der Waals surface area contributed by atoms with Gasteiger partial charge in [-0.1, -0.05) is 59.7 Å². The molecule has 0 radical (unpaired) electrons. The summed E-state index contributed by atoms with van der Waals surface area (Å²) in [7, 11) is 1.31. The lowest BCUT2D eigenvalue weighted by Crippen LogP contribution is -2.47. The van der Waals surface area contributed by atoms with Crippen molar-refractivity contribution >= 4 is 40.5 Å². The number of benzene rings is 3. The van der Waals surface area contributed by atoms with Crippen LogP contribution in [0.15, 0.2) is 84.1 Å². The average Bonchev–Trinajstić information content (AvgIpc) is 3.83. The number of hydrogen-bond acceptors (Lipinski definition) is 13. The second kappa shape index (κ2) is 27.5. The minimum absolute atomic E-state index is 0.101. The number of likely N-dealkylation sites (tertiary alicyclic amines) is 1. The number of carbonyl (C=O) groups is 4. The predicted molar refractivity (Wildman–Crippen MR) is 256 cm³/mol. The Morgan fingerprint density at radius 2 is 1.54 bits per heavy atom. The van der Waals surface area contributed by atoms with E-state index in [9.17, 15) is 19.2 Å². The van der Waals surface area contributed by atoms with Crippen LogP contribution in [0.4, 0.5) is 10.6 Å². The molecule has 1 N–H and O–H groups in total. The van der Waals surface area contributed by atoms with Crippen LogP contribution < -0.4 is 15.0 Å². The number of nitrogens with zero attached hydrogens (tertiary/aromatic N) is 6. The number of methoxy groups -OCH3 is 1. The van der Waals surface area contributed by atoms with Gasteiger partial charge in [-0.2, -0.15) is 0 Å². The fourth-order valence-electron chi connectivity index (χ4n) is 7.59. The van der Waals surface area contributed by atoms with Gasteiger partial charge in [0, 0.05) is 42.5 Å². The number of ether oxygens (including phenoxy) is 7. The third kappa shape index (κ3) is 16.8. The van der Waals surface area contributed by atoms with Crippen molar-refractivity contribution in [3.8, 4) is 16.9 Å². The van der Waals surface area contributed by atoms with Crippen molar-refractivity contribution in [2.45, 2.75) is 77.5 Å². The van der Waals surface area contributed by atoms with Gasteiger partial charge in [-0.25, -0.2) is 9.78 Å². The molecule has 2 atom stereocenters. The van der Waals surface area contributed by atoms with Crippen LogP contribution in [0.2, 0.25) is 0 Å². The van der Waals surface area contributed by atoms with Crippen LogP contribution in [0.1, 0.15) is 70.0 Å². The minimum atomic E-state index is -0.722. The van der Waals surface area contributed by atoms with E-state index in [1.807, 2.05) is 73.7 Å². The summed E-state index contributed by atoms with van der Waals surface area (Å²) in [6.07, 6.45) is 2.53. The predicted octanol–water partition coefficient (Wildman–Crippen LogP) is 7.90. The van der Waals surface area contributed by atoms with Crippen LogP contribution in [0.5, 0.6) is 5.75 Å². The van der Waals surface area contributed by atoms with E-state index < -0.39 is 29.7 Å². The van der Waals surface area contributed by atoms with E-state index in [-0.39, 0.29) is 31.2 Å². The highest BCUT2D eigenvalue weighted by molar-refractivity contribution is 6.00. The fraction of sp³-hybridized carbons (Fsp3) is 0.500. The Labute approximate surface area is 398 Å². The molecule has 0 saturated carbocycles. The molecule has 3 amide bonds. The Kier molecular flexibility index (Phi) is 21.3. The molecule has 68 heavy (non-hydrogen) atoms. The number of nitrogens with one attached hydrogen (secondary N) is 1. The molecule has 0 spiro atoms. The topological polar surface area (TPSA) is 213 Å². The third-order valence-electron chi connectivity index (χ3n) is 10.9. The Morgan fingerprint density at radius 1 is 0.882 bits per heavy atom. The second-order valence-electron chi connectivity index (χ2n) is 17.0. The first-order valence-corrected chi connectivity index (χ1v) is 23.0. The van der Waals surface area contributed by atoms with Gasteiger partial charge in [-0.3, -0.25) is 19.3 Å². The standard InChI is InChI=1S/C50H65N7O11/c1-36-20-21-52-45(34-36)57(49(61)68-50(2,3)4)24-9-13-46(58)56-23-8-12-43(56)48(60)54-42(35-47(59)62-5)38-16-14-37(15-17-38)39-18-19-44(41-11-7-6-10-40(39)41)67-33-32-66-31-30-65-29-28-64-27-26-63-25-22-53-55-51/h6-7,10-11,14-21,34,42-43H,8-9,12-13,22-33,35H2,1-5H3,(H,54,60)/t42-,43+/m0/s1. The van der Waals surface area contributed by atoms with Gasteiger partial charge >= 0.3 is 12.1 Å². The third-order valence-corrected chi connectivity index (χ3v) is 10.9. The first-order valence-electron chi connectivity index (χ1n) is 23.0. The number of pyridine rings is 1. The first-order chi connectivity index (χ1) is 32.9. The summed E-state index contributed by atoms with van der Waals surface area (Å²) in [4.78, 5) is 63.5. The monoisotopic (exact) mass is 939 g/mol. The van der Waals surface area contributed by atoms with Crippen LogP contribution >= 0.6 is 0 Å². The lowest BCUT2D eigenvalue weighted by Gasteiger charge is -2.28. The van der Waals surface area contributed by atoms with Crippen molar-refractivity contribution in [3.63, 3.8) is 0 Å². The van der Waals surface area contributed by atoms with Gasteiger partial charge in [0.05, 0.1) is 72.4 Å². The van der Waals surface area contributed by atoms with Crippen LogP contribution in [0, 0.1) is 6.92 Å². The molecule has 1 aliphatic heterocycles. The van der Waals surface area contributed by atoms with Crippen molar-refractivity contribution in [3.05, 3.63) is 101 Å². The van der Waals surface area contributed by atoms with E-state index in [1.54, 1.807) is 37.9 Å². The number of carbonyl (C=O) groups excluding carboxylic acids is 4. The van der Waals surface area contributed by atoms with Gasteiger partial charge in [0.15, 0.2) is 0 Å². The summed E-state index contributed by atoms with van der Waals surface area (Å²) in [6, 6.07) is 21.8. The second-order valence-corrected chi connectivity index (χ2v) is 17.0. The van der Waals surface area contributed by atoms with Crippen molar-refractivity contribution < 1.29 is 52.3 Å². The van der Waals surface area contributed by atoms with Crippen LogP contribution in [0.25, 0.3) is 32.3 Å². The van der Waals surface area contributed by atoms with E-state index in [0.29, 0.717) is 103 Å². The number of azide groups is 1. The number of amides is 3. The minimum Gasteiger partial charge on any atom is -0.491 e. The number of aryl methyl sites for hydroxylation is 1. The van der Waals surface area contributed by atoms with E-state index in [4.69, 9.17) is 38.7 Å². The highest BCUT2D eigenvalue weighted by atomic mass is 16.6. The molecular formula is C50H65N7O11. The van der Waals surface area contributed by atoms with Gasteiger partial charge in [-0.05, 0) is 98.3 Å². The highest BCUT2D eigenvalue weighted by Crippen LogP contribution is 2.35. The first kappa shape index (κ1) is 52.7. The molecule has 4 aromatic rings. The van der Waals surface area contributed by atoms with Crippen molar-refractivity contribution in [1.82, 2.24) is 15.2 Å². The van der Waals surface area contributed by atoms with Gasteiger partial charge in [0.2, 0.25) is 11.8 Å². The molecule has 366 valence electrons. The van der Waals surface area contributed by atoms with E-state index in [0.717, 1.165) is 33.2 Å². The maximum atomic E-state index is 14.0. The summed E-state index contributed by atoms with van der Waals surface area (Å²) in [5.41, 5.74) is 11.1. The summed E-state index contributed by atoms with van der Waals surface area (Å²) in [6.45, 7) is 11.8. The molecular weight excluding hydrogens is 875 g/mol. The number of esters is 1. The Bertz CT molecular complexity index is 2300.